The van der Waals surface area contributed by atoms with Crippen molar-refractivity contribution in [3.63, 3.8) is 0 Å². The van der Waals surface area contributed by atoms with Crippen molar-refractivity contribution >= 4 is 0 Å². The molecule has 3 rings (SSSR count). The molecule has 1 N–H and O–H groups in total. The molecule has 5 heteroatoms. The molecule has 3 atom stereocenters. The first-order chi connectivity index (χ1) is 9.56. The van der Waals surface area contributed by atoms with Gasteiger partial charge in [-0.2, -0.15) is 5.10 Å². The zero-order chi connectivity index (χ0) is 14.3. The van der Waals surface area contributed by atoms with Crippen LogP contribution in [0.1, 0.15) is 31.5 Å². The van der Waals surface area contributed by atoms with E-state index < -0.39 is 0 Å². The number of nitrogens with zero attached hydrogens (tertiary/aromatic N) is 4. The van der Waals surface area contributed by atoms with Gasteiger partial charge in [-0.1, -0.05) is 0 Å². The minimum absolute atomic E-state index is 0.128. The maximum absolute atomic E-state index is 9.83. The number of hydrogen-bond donors (Lipinski definition) is 1. The number of aliphatic hydroxyl groups excluding tert-OH is 1. The van der Waals surface area contributed by atoms with Gasteiger partial charge in [-0.25, -0.2) is 0 Å². The van der Waals surface area contributed by atoms with Crippen LogP contribution >= 0.6 is 0 Å². The van der Waals surface area contributed by atoms with E-state index in [4.69, 9.17) is 0 Å². The first-order valence-corrected chi connectivity index (χ1v) is 7.76. The lowest BCUT2D eigenvalue weighted by atomic mass is 10.1. The van der Waals surface area contributed by atoms with Crippen LogP contribution in [-0.4, -0.2) is 62.5 Å². The quantitative estimate of drug-likeness (QED) is 0.890. The van der Waals surface area contributed by atoms with Crippen LogP contribution in [0.5, 0.6) is 0 Å². The molecule has 0 amide bonds. The van der Waals surface area contributed by atoms with E-state index in [2.05, 4.69) is 41.9 Å². The summed E-state index contributed by atoms with van der Waals surface area (Å²) in [4.78, 5) is 5.00. The number of fused-ring (bicyclic) bond motifs is 1. The zero-order valence-corrected chi connectivity index (χ0v) is 12.8. The first-order valence-electron chi connectivity index (χ1n) is 7.76. The Bertz CT molecular complexity index is 472. The summed E-state index contributed by atoms with van der Waals surface area (Å²) >= 11 is 0. The molecule has 2 fully saturated rings. The van der Waals surface area contributed by atoms with E-state index in [0.717, 1.165) is 44.8 Å². The summed E-state index contributed by atoms with van der Waals surface area (Å²) in [5.74, 6) is 0. The molecule has 0 spiro atoms. The summed E-state index contributed by atoms with van der Waals surface area (Å²) in [6, 6.07) is 1.07. The third-order valence-electron chi connectivity index (χ3n) is 4.82. The Hall–Kier alpha value is -0.910. The number of rotatable bonds is 3. The predicted octanol–water partition coefficient (Wildman–Crippen LogP) is 0.851. The summed E-state index contributed by atoms with van der Waals surface area (Å²) in [7, 11) is 0. The van der Waals surface area contributed by atoms with Gasteiger partial charge in [0.05, 0.1) is 11.8 Å². The molecular formula is C15H26N4O. The van der Waals surface area contributed by atoms with Crippen LogP contribution in [0, 0.1) is 6.92 Å². The molecule has 5 nitrogen and oxygen atoms in total. The topological polar surface area (TPSA) is 44.5 Å². The molecule has 0 aromatic carbocycles. The minimum atomic E-state index is -0.128. The highest BCUT2D eigenvalue weighted by Crippen LogP contribution is 2.26. The van der Waals surface area contributed by atoms with Gasteiger partial charge in [-0.3, -0.25) is 14.5 Å². The summed E-state index contributed by atoms with van der Waals surface area (Å²) in [5, 5.41) is 14.4. The largest absolute Gasteiger partial charge is 0.392 e. The second kappa shape index (κ2) is 5.47. The Labute approximate surface area is 121 Å². The predicted molar refractivity (Wildman–Crippen MR) is 78.5 cm³/mol. The lowest BCUT2D eigenvalue weighted by Crippen LogP contribution is -2.54. The van der Waals surface area contributed by atoms with Gasteiger partial charge >= 0.3 is 0 Å². The second-order valence-electron chi connectivity index (χ2n) is 6.37. The Morgan fingerprint density at radius 1 is 1.35 bits per heavy atom. The third kappa shape index (κ3) is 2.62. The Balaban J connectivity index is 1.69. The highest BCUT2D eigenvalue weighted by atomic mass is 16.3. The van der Waals surface area contributed by atoms with Crippen LogP contribution in [0.15, 0.2) is 6.20 Å². The molecule has 1 aromatic heterocycles. The molecule has 0 bridgehead atoms. The molecule has 112 valence electrons. The SMILES string of the molecule is CCn1cc(CN2CC3C[C@@H](O)CN3C[C@@H]2C)c(C)n1. The molecule has 0 radical (unpaired) electrons. The van der Waals surface area contributed by atoms with Crippen molar-refractivity contribution in [1.29, 1.82) is 0 Å². The van der Waals surface area contributed by atoms with Gasteiger partial charge in [0.25, 0.3) is 0 Å². The van der Waals surface area contributed by atoms with Crippen LogP contribution in [0.25, 0.3) is 0 Å². The molecular weight excluding hydrogens is 252 g/mol. The highest BCUT2D eigenvalue weighted by Gasteiger charge is 2.38. The Morgan fingerprint density at radius 2 is 2.15 bits per heavy atom. The molecule has 0 aliphatic carbocycles. The van der Waals surface area contributed by atoms with E-state index in [1.54, 1.807) is 0 Å². The molecule has 2 aliphatic heterocycles. The van der Waals surface area contributed by atoms with E-state index in [1.807, 2.05) is 4.68 Å². The van der Waals surface area contributed by atoms with Crippen LogP contribution in [0.3, 0.4) is 0 Å². The Kier molecular flexibility index (Phi) is 3.84. The van der Waals surface area contributed by atoms with Gasteiger partial charge in [0.2, 0.25) is 0 Å². The lowest BCUT2D eigenvalue weighted by Gasteiger charge is -2.42. The monoisotopic (exact) mass is 278 g/mol. The fourth-order valence-corrected chi connectivity index (χ4v) is 3.59. The van der Waals surface area contributed by atoms with Crippen LogP contribution in [0.2, 0.25) is 0 Å². The average Bonchev–Trinajstić information content (AvgIpc) is 2.92. The van der Waals surface area contributed by atoms with Crippen molar-refractivity contribution in [3.05, 3.63) is 17.5 Å². The molecule has 1 unspecified atom stereocenters. The average molecular weight is 278 g/mol. The van der Waals surface area contributed by atoms with Crippen molar-refractivity contribution in [3.8, 4) is 0 Å². The van der Waals surface area contributed by atoms with E-state index in [-0.39, 0.29) is 6.10 Å². The van der Waals surface area contributed by atoms with Gasteiger partial charge in [0, 0.05) is 56.6 Å². The van der Waals surface area contributed by atoms with E-state index in [9.17, 15) is 5.11 Å². The standard InChI is InChI=1S/C15H26N4O/c1-4-19-8-13(12(3)16-19)7-17-9-14-5-15(20)10-18(14)6-11(17)2/h8,11,14-15,20H,4-7,9-10H2,1-3H3/t11-,14?,15+/m0/s1. The van der Waals surface area contributed by atoms with Crippen LogP contribution < -0.4 is 0 Å². The molecule has 0 saturated carbocycles. The minimum Gasteiger partial charge on any atom is -0.392 e. The normalized spacial score (nSPS) is 31.7. The van der Waals surface area contributed by atoms with Gasteiger partial charge < -0.3 is 5.11 Å². The molecule has 3 heterocycles. The van der Waals surface area contributed by atoms with Crippen molar-refractivity contribution < 1.29 is 5.11 Å². The number of hydrogen-bond acceptors (Lipinski definition) is 4. The van der Waals surface area contributed by atoms with Gasteiger partial charge in [0.1, 0.15) is 0 Å². The van der Waals surface area contributed by atoms with Crippen LogP contribution in [-0.2, 0) is 13.1 Å². The fourth-order valence-electron chi connectivity index (χ4n) is 3.59. The highest BCUT2D eigenvalue weighted by molar-refractivity contribution is 5.16. The van der Waals surface area contributed by atoms with Crippen molar-refractivity contribution in [2.24, 2.45) is 0 Å². The van der Waals surface area contributed by atoms with E-state index in [0.29, 0.717) is 12.1 Å². The number of aliphatic hydroxyl groups is 1. The van der Waals surface area contributed by atoms with Gasteiger partial charge in [-0.05, 0) is 27.2 Å². The molecule has 1 aromatic rings. The molecule has 2 aliphatic rings. The summed E-state index contributed by atoms with van der Waals surface area (Å²) < 4.78 is 2.02. The number of aromatic nitrogens is 2. The maximum Gasteiger partial charge on any atom is 0.0682 e. The van der Waals surface area contributed by atoms with Crippen molar-refractivity contribution in [2.75, 3.05) is 19.6 Å². The lowest BCUT2D eigenvalue weighted by molar-refractivity contribution is 0.0527. The molecule has 20 heavy (non-hydrogen) atoms. The summed E-state index contributed by atoms with van der Waals surface area (Å²) in [6.07, 6.45) is 2.98. The molecule has 2 saturated heterocycles. The van der Waals surface area contributed by atoms with Crippen LogP contribution in [0.4, 0.5) is 0 Å². The van der Waals surface area contributed by atoms with E-state index in [1.165, 1.54) is 5.56 Å². The van der Waals surface area contributed by atoms with E-state index >= 15 is 0 Å². The number of piperazine rings is 1. The van der Waals surface area contributed by atoms with Crippen molar-refractivity contribution in [2.45, 2.75) is 58.5 Å². The third-order valence-corrected chi connectivity index (χ3v) is 4.82. The number of aryl methyl sites for hydroxylation is 2. The van der Waals surface area contributed by atoms with Gasteiger partial charge in [-0.15, -0.1) is 0 Å². The fraction of sp³-hybridized carbons (Fsp3) is 0.800. The summed E-state index contributed by atoms with van der Waals surface area (Å²) in [6.45, 7) is 11.4. The summed E-state index contributed by atoms with van der Waals surface area (Å²) in [5.41, 5.74) is 2.48. The van der Waals surface area contributed by atoms with Crippen molar-refractivity contribution in [1.82, 2.24) is 19.6 Å². The Morgan fingerprint density at radius 3 is 2.85 bits per heavy atom. The first kappa shape index (κ1) is 14.0. The van der Waals surface area contributed by atoms with Gasteiger partial charge in [0.15, 0.2) is 0 Å². The zero-order valence-electron chi connectivity index (χ0n) is 12.8. The maximum atomic E-state index is 9.83. The second-order valence-corrected chi connectivity index (χ2v) is 6.37. The smallest absolute Gasteiger partial charge is 0.0682 e.